The molecule has 0 radical (unpaired) electrons. The van der Waals surface area contributed by atoms with Gasteiger partial charge in [0.2, 0.25) is 0 Å². The highest BCUT2D eigenvalue weighted by atomic mass is 35.5. The Hall–Kier alpha value is -1.98. The predicted octanol–water partition coefficient (Wildman–Crippen LogP) is 6.61. The number of hydrogen-bond acceptors (Lipinski definition) is 3. The van der Waals surface area contributed by atoms with E-state index in [2.05, 4.69) is 5.10 Å². The highest BCUT2D eigenvalue weighted by Crippen LogP contribution is 2.25. The Morgan fingerprint density at radius 2 is 1.83 bits per heavy atom. The first-order valence-electron chi connectivity index (χ1n) is 8.60. The van der Waals surface area contributed by atoms with Crippen LogP contribution in [0.1, 0.15) is 22.4 Å². The average molecular weight is 470 g/mol. The largest absolute Gasteiger partial charge is 0.458 e. The molecule has 0 aliphatic rings. The van der Waals surface area contributed by atoms with Gasteiger partial charge < -0.3 is 4.74 Å². The quantitative estimate of drug-likeness (QED) is 0.301. The van der Waals surface area contributed by atoms with E-state index in [-0.39, 0.29) is 6.61 Å². The molecule has 0 amide bonds. The number of benzene rings is 2. The summed E-state index contributed by atoms with van der Waals surface area (Å²) in [6.45, 7) is 2.28. The molecule has 4 nitrogen and oxygen atoms in total. The molecule has 3 rings (SSSR count). The summed E-state index contributed by atoms with van der Waals surface area (Å²) in [5.41, 5.74) is 2.89. The van der Waals surface area contributed by atoms with Crippen molar-refractivity contribution in [1.29, 1.82) is 0 Å². The van der Waals surface area contributed by atoms with Crippen LogP contribution in [0.2, 0.25) is 20.2 Å². The number of rotatable bonds is 6. The Labute approximate surface area is 188 Å². The lowest BCUT2D eigenvalue weighted by atomic mass is 10.2. The van der Waals surface area contributed by atoms with Crippen molar-refractivity contribution in [2.45, 2.75) is 20.1 Å². The summed E-state index contributed by atoms with van der Waals surface area (Å²) in [5.74, 6) is -0.523. The van der Waals surface area contributed by atoms with E-state index in [0.29, 0.717) is 43.6 Å². The monoisotopic (exact) mass is 468 g/mol. The van der Waals surface area contributed by atoms with Crippen LogP contribution in [0.4, 0.5) is 0 Å². The Morgan fingerprint density at radius 3 is 2.55 bits per heavy atom. The normalized spacial score (nSPS) is 11.2. The number of esters is 1. The molecule has 0 N–H and O–H groups in total. The van der Waals surface area contributed by atoms with Gasteiger partial charge in [0.1, 0.15) is 11.8 Å². The van der Waals surface area contributed by atoms with Crippen molar-refractivity contribution in [1.82, 2.24) is 9.78 Å². The first-order chi connectivity index (χ1) is 13.8. The van der Waals surface area contributed by atoms with Crippen molar-refractivity contribution in [2.24, 2.45) is 0 Å². The second kappa shape index (κ2) is 9.68. The zero-order valence-electron chi connectivity index (χ0n) is 15.3. The van der Waals surface area contributed by atoms with E-state index in [9.17, 15) is 4.79 Å². The first kappa shape index (κ1) is 21.7. The van der Waals surface area contributed by atoms with Crippen LogP contribution < -0.4 is 0 Å². The molecule has 1 heterocycles. The zero-order chi connectivity index (χ0) is 21.0. The molecule has 0 aliphatic carbocycles. The molecule has 3 aromatic rings. The van der Waals surface area contributed by atoms with Crippen LogP contribution >= 0.6 is 46.4 Å². The smallest absolute Gasteiger partial charge is 0.331 e. The number of nitrogens with zero attached hydrogens (tertiary/aromatic N) is 2. The van der Waals surface area contributed by atoms with Gasteiger partial charge in [-0.3, -0.25) is 0 Å². The van der Waals surface area contributed by atoms with Crippen LogP contribution in [0, 0.1) is 6.92 Å². The SMILES string of the molecule is Cc1nn(Cc2ccccc2Cl)c(Cl)c1C=CC(=O)OCc1ccc(Cl)cc1Cl. The Kier molecular flexibility index (Phi) is 7.25. The lowest BCUT2D eigenvalue weighted by Gasteiger charge is -2.05. The molecule has 2 aromatic carbocycles. The molecule has 0 aliphatic heterocycles. The van der Waals surface area contributed by atoms with Crippen LogP contribution in [-0.2, 0) is 22.7 Å². The minimum atomic E-state index is -0.523. The third-order valence-electron chi connectivity index (χ3n) is 4.16. The number of carbonyl (C=O) groups excluding carboxylic acids is 1. The molecule has 0 saturated carbocycles. The molecule has 8 heteroatoms. The molecule has 0 saturated heterocycles. The van der Waals surface area contributed by atoms with Gasteiger partial charge in [-0.25, -0.2) is 9.48 Å². The highest BCUT2D eigenvalue weighted by molar-refractivity contribution is 6.35. The summed E-state index contributed by atoms with van der Waals surface area (Å²) < 4.78 is 6.86. The summed E-state index contributed by atoms with van der Waals surface area (Å²) >= 11 is 24.6. The second-order valence-electron chi connectivity index (χ2n) is 6.22. The number of aromatic nitrogens is 2. The van der Waals surface area contributed by atoms with Gasteiger partial charge in [-0.15, -0.1) is 0 Å². The van der Waals surface area contributed by atoms with Crippen LogP contribution in [0.5, 0.6) is 0 Å². The molecule has 0 atom stereocenters. The molecule has 0 spiro atoms. The summed E-state index contributed by atoms with van der Waals surface area (Å²) in [6, 6.07) is 12.5. The van der Waals surface area contributed by atoms with Crippen molar-refractivity contribution in [2.75, 3.05) is 0 Å². The standard InChI is InChI=1S/C21H16Cl4N2O2/c1-13-17(21(25)27(26-13)11-14-4-2-3-5-18(14)23)8-9-20(28)29-12-15-6-7-16(22)10-19(15)24/h2-10H,11-12H2,1H3. The van der Waals surface area contributed by atoms with E-state index < -0.39 is 5.97 Å². The van der Waals surface area contributed by atoms with Crippen molar-refractivity contribution < 1.29 is 9.53 Å². The maximum Gasteiger partial charge on any atom is 0.331 e. The molecule has 0 fully saturated rings. The fourth-order valence-electron chi connectivity index (χ4n) is 2.64. The van der Waals surface area contributed by atoms with Gasteiger partial charge in [0.25, 0.3) is 0 Å². The van der Waals surface area contributed by atoms with Gasteiger partial charge >= 0.3 is 5.97 Å². The number of halogens is 4. The van der Waals surface area contributed by atoms with E-state index in [1.165, 1.54) is 6.08 Å². The number of ether oxygens (including phenoxy) is 1. The fraction of sp³-hybridized carbons (Fsp3) is 0.143. The average Bonchev–Trinajstić information content (AvgIpc) is 2.94. The second-order valence-corrected chi connectivity index (χ2v) is 7.82. The van der Waals surface area contributed by atoms with Crippen molar-refractivity contribution in [3.63, 3.8) is 0 Å². The van der Waals surface area contributed by atoms with Gasteiger partial charge in [0.05, 0.1) is 12.2 Å². The molecule has 1 aromatic heterocycles. The molecule has 0 bridgehead atoms. The Morgan fingerprint density at radius 1 is 1.07 bits per heavy atom. The fourth-order valence-corrected chi connectivity index (χ4v) is 3.59. The van der Waals surface area contributed by atoms with E-state index >= 15 is 0 Å². The first-order valence-corrected chi connectivity index (χ1v) is 10.1. The van der Waals surface area contributed by atoms with Crippen LogP contribution in [-0.4, -0.2) is 15.7 Å². The summed E-state index contributed by atoms with van der Waals surface area (Å²) in [5, 5.41) is 6.43. The Bertz CT molecular complexity index is 1080. The van der Waals surface area contributed by atoms with Crippen LogP contribution in [0.25, 0.3) is 6.08 Å². The topological polar surface area (TPSA) is 44.1 Å². The van der Waals surface area contributed by atoms with E-state index in [4.69, 9.17) is 51.1 Å². The summed E-state index contributed by atoms with van der Waals surface area (Å²) in [6.07, 6.45) is 2.89. The molecular weight excluding hydrogens is 454 g/mol. The van der Waals surface area contributed by atoms with Crippen molar-refractivity contribution in [3.05, 3.63) is 91.1 Å². The minimum Gasteiger partial charge on any atom is -0.458 e. The van der Waals surface area contributed by atoms with Crippen LogP contribution in [0.3, 0.4) is 0 Å². The predicted molar refractivity (Wildman–Crippen MR) is 118 cm³/mol. The van der Waals surface area contributed by atoms with Gasteiger partial charge in [-0.1, -0.05) is 70.7 Å². The van der Waals surface area contributed by atoms with Crippen molar-refractivity contribution >= 4 is 58.4 Å². The van der Waals surface area contributed by atoms with Gasteiger partial charge in [0, 0.05) is 32.3 Å². The lowest BCUT2D eigenvalue weighted by molar-refractivity contribution is -0.138. The van der Waals surface area contributed by atoms with Gasteiger partial charge in [-0.05, 0) is 36.8 Å². The molecule has 150 valence electrons. The molecular formula is C21H16Cl4N2O2. The molecule has 29 heavy (non-hydrogen) atoms. The van der Waals surface area contributed by atoms with E-state index in [1.807, 2.05) is 31.2 Å². The lowest BCUT2D eigenvalue weighted by Crippen LogP contribution is -2.02. The maximum atomic E-state index is 12.1. The maximum absolute atomic E-state index is 12.1. The van der Waals surface area contributed by atoms with E-state index in [1.54, 1.807) is 29.0 Å². The summed E-state index contributed by atoms with van der Waals surface area (Å²) in [4.78, 5) is 12.1. The third kappa shape index (κ3) is 5.55. The zero-order valence-corrected chi connectivity index (χ0v) is 18.4. The summed E-state index contributed by atoms with van der Waals surface area (Å²) in [7, 11) is 0. The third-order valence-corrected chi connectivity index (χ3v) is 5.51. The van der Waals surface area contributed by atoms with Gasteiger partial charge in [0.15, 0.2) is 0 Å². The van der Waals surface area contributed by atoms with Gasteiger partial charge in [-0.2, -0.15) is 5.10 Å². The molecule has 0 unspecified atom stereocenters. The Balaban J connectivity index is 1.67. The minimum absolute atomic E-state index is 0.0393. The highest BCUT2D eigenvalue weighted by Gasteiger charge is 2.13. The number of aryl methyl sites for hydroxylation is 1. The number of hydrogen-bond donors (Lipinski definition) is 0. The van der Waals surface area contributed by atoms with E-state index in [0.717, 1.165) is 5.56 Å². The van der Waals surface area contributed by atoms with Crippen molar-refractivity contribution in [3.8, 4) is 0 Å². The number of carbonyl (C=O) groups is 1. The van der Waals surface area contributed by atoms with Crippen LogP contribution in [0.15, 0.2) is 48.5 Å².